The van der Waals surface area contributed by atoms with Crippen molar-refractivity contribution in [2.75, 3.05) is 6.54 Å². The summed E-state index contributed by atoms with van der Waals surface area (Å²) in [6.45, 7) is 0.444. The first-order valence-electron chi connectivity index (χ1n) is 6.42. The molecule has 1 aliphatic heterocycles. The van der Waals surface area contributed by atoms with Crippen LogP contribution < -0.4 is 10.6 Å². The molecule has 0 aromatic heterocycles. The highest BCUT2D eigenvalue weighted by Gasteiger charge is 2.29. The number of carbonyl (C=O) groups excluding carboxylic acids is 2. The van der Waals surface area contributed by atoms with Crippen molar-refractivity contribution in [1.29, 1.82) is 0 Å². The predicted octanol–water partition coefficient (Wildman–Crippen LogP) is 0.455. The van der Waals surface area contributed by atoms with Gasteiger partial charge >= 0.3 is 5.97 Å². The van der Waals surface area contributed by atoms with Crippen LogP contribution in [0.5, 0.6) is 0 Å². The molecule has 0 unspecified atom stereocenters. The van der Waals surface area contributed by atoms with E-state index in [2.05, 4.69) is 10.6 Å². The van der Waals surface area contributed by atoms with Gasteiger partial charge in [-0.05, 0) is 12.0 Å². The van der Waals surface area contributed by atoms with E-state index in [1.807, 2.05) is 0 Å². The van der Waals surface area contributed by atoms with Gasteiger partial charge < -0.3 is 15.7 Å². The normalized spacial score (nSPS) is 19.8. The Balaban J connectivity index is 2.07. The minimum absolute atomic E-state index is 0.104. The lowest BCUT2D eigenvalue weighted by Crippen LogP contribution is -2.43. The van der Waals surface area contributed by atoms with Gasteiger partial charge in [-0.2, -0.15) is 0 Å². The zero-order valence-corrected chi connectivity index (χ0v) is 10.8. The predicted molar refractivity (Wildman–Crippen MR) is 70.7 cm³/mol. The Kier molecular flexibility index (Phi) is 4.34. The van der Waals surface area contributed by atoms with Crippen LogP contribution in [0.2, 0.25) is 0 Å². The summed E-state index contributed by atoms with van der Waals surface area (Å²) in [6.07, 6.45) is 0.631. The van der Waals surface area contributed by atoms with E-state index in [-0.39, 0.29) is 12.3 Å². The molecule has 0 radical (unpaired) electrons. The SMILES string of the molecule is O=C1C[C@H](C(=O)N[C@H](C(=O)O)c2ccccc2)CCN1. The Labute approximate surface area is 116 Å². The van der Waals surface area contributed by atoms with Crippen LogP contribution in [0.3, 0.4) is 0 Å². The van der Waals surface area contributed by atoms with Gasteiger partial charge in [0.1, 0.15) is 0 Å². The topological polar surface area (TPSA) is 95.5 Å². The van der Waals surface area contributed by atoms with Crippen LogP contribution in [-0.2, 0) is 14.4 Å². The van der Waals surface area contributed by atoms with E-state index in [1.54, 1.807) is 30.3 Å². The van der Waals surface area contributed by atoms with E-state index >= 15 is 0 Å². The van der Waals surface area contributed by atoms with E-state index in [9.17, 15) is 19.5 Å². The first-order chi connectivity index (χ1) is 9.58. The molecule has 1 fully saturated rings. The third kappa shape index (κ3) is 3.34. The summed E-state index contributed by atoms with van der Waals surface area (Å²) < 4.78 is 0. The van der Waals surface area contributed by atoms with Gasteiger partial charge in [-0.25, -0.2) is 4.79 Å². The van der Waals surface area contributed by atoms with Gasteiger partial charge in [0.05, 0.1) is 0 Å². The highest BCUT2D eigenvalue weighted by Crippen LogP contribution is 2.17. The van der Waals surface area contributed by atoms with Crippen molar-refractivity contribution in [3.05, 3.63) is 35.9 Å². The first kappa shape index (κ1) is 14.0. The van der Waals surface area contributed by atoms with Crippen molar-refractivity contribution >= 4 is 17.8 Å². The molecular formula is C14H16N2O4. The summed E-state index contributed by atoms with van der Waals surface area (Å²) in [7, 11) is 0. The average Bonchev–Trinajstić information content (AvgIpc) is 2.45. The van der Waals surface area contributed by atoms with Crippen molar-refractivity contribution < 1.29 is 19.5 Å². The molecule has 2 amide bonds. The molecule has 2 rings (SSSR count). The quantitative estimate of drug-likeness (QED) is 0.744. The van der Waals surface area contributed by atoms with Crippen LogP contribution in [0, 0.1) is 5.92 Å². The number of carbonyl (C=O) groups is 3. The minimum atomic E-state index is -1.12. The van der Waals surface area contributed by atoms with Gasteiger partial charge in [-0.15, -0.1) is 0 Å². The first-order valence-corrected chi connectivity index (χ1v) is 6.42. The van der Waals surface area contributed by atoms with Gasteiger partial charge in [0.25, 0.3) is 0 Å². The largest absolute Gasteiger partial charge is 0.479 e. The van der Waals surface area contributed by atoms with Gasteiger partial charge in [-0.1, -0.05) is 30.3 Å². The fraction of sp³-hybridized carbons (Fsp3) is 0.357. The highest BCUT2D eigenvalue weighted by atomic mass is 16.4. The number of aliphatic carboxylic acids is 1. The zero-order chi connectivity index (χ0) is 14.5. The van der Waals surface area contributed by atoms with Crippen LogP contribution >= 0.6 is 0 Å². The maximum atomic E-state index is 12.1. The molecule has 1 aromatic carbocycles. The molecule has 1 heterocycles. The van der Waals surface area contributed by atoms with Crippen LogP contribution in [-0.4, -0.2) is 29.4 Å². The van der Waals surface area contributed by atoms with Crippen molar-refractivity contribution in [2.24, 2.45) is 5.92 Å². The Hall–Kier alpha value is -2.37. The molecule has 1 aromatic rings. The molecule has 0 saturated carbocycles. The molecule has 6 nitrogen and oxygen atoms in total. The average molecular weight is 276 g/mol. The Bertz CT molecular complexity index is 515. The molecule has 106 valence electrons. The van der Waals surface area contributed by atoms with Crippen molar-refractivity contribution in [2.45, 2.75) is 18.9 Å². The van der Waals surface area contributed by atoms with E-state index in [4.69, 9.17) is 0 Å². The number of amides is 2. The van der Waals surface area contributed by atoms with Gasteiger partial charge in [0.2, 0.25) is 11.8 Å². The molecule has 20 heavy (non-hydrogen) atoms. The third-order valence-corrected chi connectivity index (χ3v) is 3.28. The standard InChI is InChI=1S/C14H16N2O4/c17-11-8-10(6-7-15-11)13(18)16-12(14(19)20)9-4-2-1-3-5-9/h1-5,10,12H,6-8H2,(H,15,17)(H,16,18)(H,19,20)/t10-,12+/m1/s1. The summed E-state index contributed by atoms with van der Waals surface area (Å²) in [5.74, 6) is -2.15. The second-order valence-corrected chi connectivity index (χ2v) is 4.73. The van der Waals surface area contributed by atoms with Crippen molar-refractivity contribution in [1.82, 2.24) is 10.6 Å². The summed E-state index contributed by atoms with van der Waals surface area (Å²) in [5, 5.41) is 14.4. The second kappa shape index (κ2) is 6.18. The number of rotatable bonds is 4. The van der Waals surface area contributed by atoms with Crippen LogP contribution in [0.1, 0.15) is 24.4 Å². The molecule has 0 bridgehead atoms. The van der Waals surface area contributed by atoms with Crippen LogP contribution in [0.15, 0.2) is 30.3 Å². The Morgan fingerprint density at radius 2 is 2.00 bits per heavy atom. The highest BCUT2D eigenvalue weighted by molar-refractivity contribution is 5.89. The summed E-state index contributed by atoms with van der Waals surface area (Å²) in [5.41, 5.74) is 0.508. The molecule has 6 heteroatoms. The lowest BCUT2D eigenvalue weighted by molar-refractivity contribution is -0.143. The molecule has 2 atom stereocenters. The number of benzene rings is 1. The lowest BCUT2D eigenvalue weighted by Gasteiger charge is -2.23. The van der Waals surface area contributed by atoms with Gasteiger partial charge in [0.15, 0.2) is 6.04 Å². The number of carboxylic acid groups (broad SMARTS) is 1. The molecule has 0 spiro atoms. The summed E-state index contributed by atoms with van der Waals surface area (Å²) in [6, 6.07) is 7.40. The number of hydrogen-bond acceptors (Lipinski definition) is 3. The van der Waals surface area contributed by atoms with Crippen LogP contribution in [0.4, 0.5) is 0 Å². The summed E-state index contributed by atoms with van der Waals surface area (Å²) in [4.78, 5) is 34.6. The molecule has 1 aliphatic rings. The molecule has 3 N–H and O–H groups in total. The Morgan fingerprint density at radius 3 is 2.60 bits per heavy atom. The lowest BCUT2D eigenvalue weighted by atomic mass is 9.95. The van der Waals surface area contributed by atoms with E-state index in [0.717, 1.165) is 0 Å². The van der Waals surface area contributed by atoms with E-state index in [0.29, 0.717) is 18.5 Å². The Morgan fingerprint density at radius 1 is 1.30 bits per heavy atom. The number of hydrogen-bond donors (Lipinski definition) is 3. The van der Waals surface area contributed by atoms with Crippen molar-refractivity contribution in [3.8, 4) is 0 Å². The monoisotopic (exact) mass is 276 g/mol. The zero-order valence-electron chi connectivity index (χ0n) is 10.8. The fourth-order valence-corrected chi connectivity index (χ4v) is 2.20. The second-order valence-electron chi connectivity index (χ2n) is 4.73. The summed E-state index contributed by atoms with van der Waals surface area (Å²) >= 11 is 0. The smallest absolute Gasteiger partial charge is 0.330 e. The number of piperidine rings is 1. The maximum Gasteiger partial charge on any atom is 0.330 e. The number of nitrogens with one attached hydrogen (secondary N) is 2. The minimum Gasteiger partial charge on any atom is -0.479 e. The molecule has 0 aliphatic carbocycles. The van der Waals surface area contributed by atoms with Gasteiger partial charge in [0, 0.05) is 18.9 Å². The van der Waals surface area contributed by atoms with E-state index in [1.165, 1.54) is 0 Å². The third-order valence-electron chi connectivity index (χ3n) is 3.28. The molecule has 1 saturated heterocycles. The van der Waals surface area contributed by atoms with Crippen molar-refractivity contribution in [3.63, 3.8) is 0 Å². The fourth-order valence-electron chi connectivity index (χ4n) is 2.20. The maximum absolute atomic E-state index is 12.1. The molecular weight excluding hydrogens is 260 g/mol. The van der Waals surface area contributed by atoms with E-state index < -0.39 is 23.8 Å². The van der Waals surface area contributed by atoms with Gasteiger partial charge in [-0.3, -0.25) is 9.59 Å². The van der Waals surface area contributed by atoms with Crippen LogP contribution in [0.25, 0.3) is 0 Å². The number of carboxylic acids is 1.